The summed E-state index contributed by atoms with van der Waals surface area (Å²) in [4.78, 5) is 19.2. The monoisotopic (exact) mass is 502 g/mol. The Hall–Kier alpha value is -3.70. The Bertz CT molecular complexity index is 1260. The van der Waals surface area contributed by atoms with Crippen molar-refractivity contribution in [2.45, 2.75) is 31.0 Å². The first-order chi connectivity index (χ1) is 17.2. The van der Waals surface area contributed by atoms with Gasteiger partial charge in [-0.15, -0.1) is 0 Å². The van der Waals surface area contributed by atoms with E-state index in [2.05, 4.69) is 27.2 Å². The third-order valence-corrected chi connectivity index (χ3v) is 6.29. The molecule has 3 unspecified atom stereocenters. The number of aromatic nitrogens is 2. The van der Waals surface area contributed by atoms with Crippen LogP contribution in [0, 0.1) is 11.6 Å². The number of hydrogen-bond acceptors (Lipinski definition) is 7. The van der Waals surface area contributed by atoms with E-state index in [1.54, 1.807) is 12.1 Å². The largest absolute Gasteiger partial charge is 0.494 e. The van der Waals surface area contributed by atoms with Crippen LogP contribution < -0.4 is 20.1 Å². The van der Waals surface area contributed by atoms with E-state index >= 15 is 8.78 Å². The lowest BCUT2D eigenvalue weighted by molar-refractivity contribution is -0.117. The Labute approximate surface area is 206 Å². The molecule has 1 fully saturated rings. The summed E-state index contributed by atoms with van der Waals surface area (Å²) in [7, 11) is 2.48. The van der Waals surface area contributed by atoms with E-state index in [-0.39, 0.29) is 35.2 Å². The molecule has 4 N–H and O–H groups in total. The Morgan fingerprint density at radius 3 is 2.58 bits per heavy atom. The smallest absolute Gasteiger partial charge is 0.243 e. The minimum atomic E-state index is -2.10. The number of halogens is 2. The Morgan fingerprint density at radius 1 is 1.25 bits per heavy atom. The van der Waals surface area contributed by atoms with Crippen LogP contribution in [0.3, 0.4) is 0 Å². The van der Waals surface area contributed by atoms with Gasteiger partial charge in [0.2, 0.25) is 5.91 Å². The van der Waals surface area contributed by atoms with E-state index in [1.165, 1.54) is 33.4 Å². The van der Waals surface area contributed by atoms with Gasteiger partial charge >= 0.3 is 0 Å². The van der Waals surface area contributed by atoms with Gasteiger partial charge in [0.05, 0.1) is 55.9 Å². The zero-order valence-corrected chi connectivity index (χ0v) is 20.2. The number of pyridine rings is 1. The molecule has 2 aromatic heterocycles. The summed E-state index contributed by atoms with van der Waals surface area (Å²) in [5, 5.41) is 18.1. The van der Waals surface area contributed by atoms with Gasteiger partial charge < -0.3 is 34.9 Å². The van der Waals surface area contributed by atoms with Gasteiger partial charge in [-0.25, -0.2) is 13.8 Å². The van der Waals surface area contributed by atoms with Crippen LogP contribution in [0.25, 0.3) is 10.9 Å². The number of carbonyl (C=O) groups is 1. The summed E-state index contributed by atoms with van der Waals surface area (Å²) >= 11 is 0. The first-order valence-corrected chi connectivity index (χ1v) is 11.3. The molecule has 1 amide bonds. The predicted octanol–water partition coefficient (Wildman–Crippen LogP) is 2.99. The molecule has 0 spiro atoms. The van der Waals surface area contributed by atoms with E-state index in [4.69, 9.17) is 14.2 Å². The maximum atomic E-state index is 15.1. The summed E-state index contributed by atoms with van der Waals surface area (Å²) in [5.74, 6) is -2.37. The molecular formula is C25H28F2N4O5. The lowest BCUT2D eigenvalue weighted by Crippen LogP contribution is -2.52. The normalized spacial score (nSPS) is 19.4. The van der Waals surface area contributed by atoms with Gasteiger partial charge in [-0.3, -0.25) is 4.79 Å². The van der Waals surface area contributed by atoms with Crippen LogP contribution in [0.4, 0.5) is 14.6 Å². The number of benzene rings is 1. The highest BCUT2D eigenvalue weighted by atomic mass is 19.1. The lowest BCUT2D eigenvalue weighted by atomic mass is 9.90. The van der Waals surface area contributed by atoms with Crippen LogP contribution in [0.1, 0.15) is 24.6 Å². The van der Waals surface area contributed by atoms with Crippen molar-refractivity contribution in [1.29, 1.82) is 0 Å². The molecule has 36 heavy (non-hydrogen) atoms. The molecule has 3 atom stereocenters. The van der Waals surface area contributed by atoms with Crippen molar-refractivity contribution >= 4 is 22.6 Å². The molecule has 0 bridgehead atoms. The van der Waals surface area contributed by atoms with Crippen molar-refractivity contribution in [2.24, 2.45) is 0 Å². The van der Waals surface area contributed by atoms with Gasteiger partial charge in [0.1, 0.15) is 11.4 Å². The van der Waals surface area contributed by atoms with Gasteiger partial charge in [-0.1, -0.05) is 6.58 Å². The van der Waals surface area contributed by atoms with Gasteiger partial charge in [0.25, 0.3) is 0 Å². The number of anilines is 1. The van der Waals surface area contributed by atoms with Crippen LogP contribution in [-0.4, -0.2) is 60.5 Å². The fourth-order valence-corrected chi connectivity index (χ4v) is 4.30. The molecule has 4 rings (SSSR count). The van der Waals surface area contributed by atoms with Gasteiger partial charge in [-0.05, 0) is 31.6 Å². The quantitative estimate of drug-likeness (QED) is 0.350. The number of ether oxygens (including phenoxy) is 3. The second kappa shape index (κ2) is 10.1. The molecule has 192 valence electrons. The molecule has 9 nitrogen and oxygen atoms in total. The van der Waals surface area contributed by atoms with Crippen molar-refractivity contribution in [2.75, 3.05) is 32.8 Å². The van der Waals surface area contributed by atoms with Crippen molar-refractivity contribution < 1.29 is 32.9 Å². The summed E-state index contributed by atoms with van der Waals surface area (Å²) in [6.45, 7) is 5.64. The van der Waals surface area contributed by atoms with Crippen LogP contribution in [0.2, 0.25) is 0 Å². The van der Waals surface area contributed by atoms with E-state index in [9.17, 15) is 9.90 Å². The molecule has 3 heterocycles. The maximum absolute atomic E-state index is 15.1. The molecule has 0 aliphatic carbocycles. The Kier molecular flexibility index (Phi) is 7.14. The molecule has 11 heteroatoms. The standard InChI is InChI=1S/C25H28F2N4O5/c1-5-21(32)31-14-6-7-36-12-16(14)30-20-9-13-8-19(29-15(13)11-28-20)25(2,33)22-23(26)17(34-3)10-18(35-4)24(22)27/h5,8-11,14,16,29,33H,1,6-7,12H2,2-4H3,(H,28,30)(H,31,32). The Balaban J connectivity index is 1.66. The number of carbonyl (C=O) groups excluding carboxylic acids is 1. The topological polar surface area (TPSA) is 118 Å². The molecule has 1 aliphatic rings. The second-order valence-corrected chi connectivity index (χ2v) is 8.63. The summed E-state index contributed by atoms with van der Waals surface area (Å²) in [6.07, 6.45) is 3.38. The van der Waals surface area contributed by atoms with Gasteiger partial charge in [0.15, 0.2) is 23.1 Å². The molecule has 0 radical (unpaired) electrons. The SMILES string of the molecule is C=CC(=O)NC1CCOCC1Nc1cc2cc(C(C)(O)c3c(F)c(OC)cc(OC)c3F)[nH]c2cn1. The number of methoxy groups -OCH3 is 2. The fraction of sp³-hybridized carbons (Fsp3) is 0.360. The summed E-state index contributed by atoms with van der Waals surface area (Å²) in [5.41, 5.74) is -2.03. The molecule has 0 saturated carbocycles. The highest BCUT2D eigenvalue weighted by Gasteiger charge is 2.37. The van der Waals surface area contributed by atoms with Crippen LogP contribution in [0.5, 0.6) is 11.5 Å². The minimum absolute atomic E-state index is 0.140. The molecule has 1 saturated heterocycles. The predicted molar refractivity (Wildman–Crippen MR) is 129 cm³/mol. The summed E-state index contributed by atoms with van der Waals surface area (Å²) < 4.78 is 45.7. The first kappa shape index (κ1) is 25.4. The first-order valence-electron chi connectivity index (χ1n) is 11.3. The number of nitrogens with one attached hydrogen (secondary N) is 3. The van der Waals surface area contributed by atoms with Crippen molar-refractivity contribution in [3.63, 3.8) is 0 Å². The minimum Gasteiger partial charge on any atom is -0.494 e. The number of amides is 1. The molecule has 1 aromatic carbocycles. The van der Waals surface area contributed by atoms with E-state index in [1.807, 2.05) is 0 Å². The highest BCUT2D eigenvalue weighted by Crippen LogP contribution is 2.40. The third kappa shape index (κ3) is 4.71. The number of rotatable bonds is 8. The van der Waals surface area contributed by atoms with E-state index < -0.39 is 22.8 Å². The lowest BCUT2D eigenvalue weighted by Gasteiger charge is -2.32. The number of aromatic amines is 1. The van der Waals surface area contributed by atoms with Crippen molar-refractivity contribution in [3.8, 4) is 11.5 Å². The van der Waals surface area contributed by atoms with Crippen molar-refractivity contribution in [1.82, 2.24) is 15.3 Å². The maximum Gasteiger partial charge on any atom is 0.243 e. The zero-order chi connectivity index (χ0) is 26.0. The summed E-state index contributed by atoms with van der Waals surface area (Å²) in [6, 6.07) is 3.98. The van der Waals surface area contributed by atoms with Crippen molar-refractivity contribution in [3.05, 3.63) is 59.9 Å². The fourth-order valence-electron chi connectivity index (χ4n) is 4.30. The number of hydrogen-bond donors (Lipinski definition) is 4. The van der Waals surface area contributed by atoms with Crippen LogP contribution in [-0.2, 0) is 15.1 Å². The number of nitrogens with zero attached hydrogens (tertiary/aromatic N) is 1. The zero-order valence-electron chi connectivity index (χ0n) is 20.2. The van der Waals surface area contributed by atoms with E-state index in [0.717, 1.165) is 6.07 Å². The molecule has 3 aromatic rings. The number of aliphatic hydroxyl groups is 1. The third-order valence-electron chi connectivity index (χ3n) is 6.29. The molecular weight excluding hydrogens is 474 g/mol. The second-order valence-electron chi connectivity index (χ2n) is 8.63. The van der Waals surface area contributed by atoms with Gasteiger partial charge in [-0.2, -0.15) is 0 Å². The number of fused-ring (bicyclic) bond motifs is 1. The van der Waals surface area contributed by atoms with Crippen LogP contribution >= 0.6 is 0 Å². The average Bonchev–Trinajstić information content (AvgIpc) is 3.30. The van der Waals surface area contributed by atoms with Gasteiger partial charge in [0, 0.05) is 18.1 Å². The number of H-pyrrole nitrogens is 1. The Morgan fingerprint density at radius 2 is 1.94 bits per heavy atom. The highest BCUT2D eigenvalue weighted by molar-refractivity contribution is 5.87. The molecule has 1 aliphatic heterocycles. The average molecular weight is 503 g/mol. The van der Waals surface area contributed by atoms with Crippen LogP contribution in [0.15, 0.2) is 37.1 Å². The van der Waals surface area contributed by atoms with E-state index in [0.29, 0.717) is 36.4 Å².